The summed E-state index contributed by atoms with van der Waals surface area (Å²) in [7, 11) is 0. The van der Waals surface area contributed by atoms with Crippen LogP contribution in [0.5, 0.6) is 5.75 Å². The normalized spacial score (nSPS) is 10.1. The van der Waals surface area contributed by atoms with Gasteiger partial charge in [-0.05, 0) is 18.6 Å². The molecule has 0 atom stereocenters. The van der Waals surface area contributed by atoms with Crippen LogP contribution >= 0.6 is 0 Å². The molecule has 1 aromatic carbocycles. The molecule has 0 amide bonds. The van der Waals surface area contributed by atoms with E-state index in [-0.39, 0.29) is 17.0 Å². The highest BCUT2D eigenvalue weighted by Gasteiger charge is 2.04. The van der Waals surface area contributed by atoms with Gasteiger partial charge in [0.2, 0.25) is 6.33 Å². The average molecular weight is 340 g/mol. The lowest BCUT2D eigenvalue weighted by Crippen LogP contribution is -3.00. The van der Waals surface area contributed by atoms with Crippen molar-refractivity contribution in [3.8, 4) is 5.75 Å². The van der Waals surface area contributed by atoms with Crippen molar-refractivity contribution in [2.75, 3.05) is 6.61 Å². The van der Waals surface area contributed by atoms with E-state index in [0.29, 0.717) is 0 Å². The fraction of sp³-hybridized carbons (Fsp3) is 0.467. The Hall–Kier alpha value is -1.36. The van der Waals surface area contributed by atoms with Crippen molar-refractivity contribution in [3.05, 3.63) is 43.0 Å². The molecule has 2 aromatic rings. The van der Waals surface area contributed by atoms with E-state index in [9.17, 15) is 0 Å². The molecule has 0 radical (unpaired) electrons. The van der Waals surface area contributed by atoms with Crippen molar-refractivity contribution in [2.45, 2.75) is 39.3 Å². The summed E-state index contributed by atoms with van der Waals surface area (Å²) in [5.41, 5.74) is 0. The number of ether oxygens (including phenoxy) is 1. The Morgan fingerprint density at radius 1 is 1.20 bits per heavy atom. The standard InChI is InChI=1S/C15H22N3O.BrH/c1-2-3-11-18-14-17(13-16-18)10-7-12-19-15-8-5-4-6-9-15;/h4-6,8-9,13-14H,2-3,7,10-12H2,1H3;1H/q+1;/p-1. The number of para-hydroxylation sites is 1. The molecule has 0 bridgehead atoms. The Morgan fingerprint density at radius 3 is 2.75 bits per heavy atom. The van der Waals surface area contributed by atoms with E-state index in [1.165, 1.54) is 12.8 Å². The molecule has 0 fully saturated rings. The molecular formula is C15H22BrN3O. The van der Waals surface area contributed by atoms with Crippen molar-refractivity contribution in [2.24, 2.45) is 0 Å². The number of halogens is 1. The Bertz CT molecular complexity index is 473. The molecular weight excluding hydrogens is 318 g/mol. The third kappa shape index (κ3) is 5.74. The van der Waals surface area contributed by atoms with Gasteiger partial charge in [-0.3, -0.25) is 0 Å². The minimum Gasteiger partial charge on any atom is -1.00 e. The summed E-state index contributed by atoms with van der Waals surface area (Å²) >= 11 is 0. The number of nitrogens with zero attached hydrogens (tertiary/aromatic N) is 3. The van der Waals surface area contributed by atoms with Crippen LogP contribution in [0.2, 0.25) is 0 Å². The molecule has 20 heavy (non-hydrogen) atoms. The molecule has 0 unspecified atom stereocenters. The van der Waals surface area contributed by atoms with Crippen LogP contribution in [0.15, 0.2) is 43.0 Å². The summed E-state index contributed by atoms with van der Waals surface area (Å²) in [4.78, 5) is 0. The number of hydrogen-bond acceptors (Lipinski definition) is 2. The molecule has 0 aliphatic heterocycles. The molecule has 4 nitrogen and oxygen atoms in total. The monoisotopic (exact) mass is 339 g/mol. The van der Waals surface area contributed by atoms with Crippen LogP contribution in [0.1, 0.15) is 26.2 Å². The minimum absolute atomic E-state index is 0. The zero-order valence-corrected chi connectivity index (χ0v) is 13.5. The summed E-state index contributed by atoms with van der Waals surface area (Å²) in [5, 5.41) is 4.33. The largest absolute Gasteiger partial charge is 1.00 e. The van der Waals surface area contributed by atoms with Gasteiger partial charge in [0, 0.05) is 11.5 Å². The number of unbranched alkanes of at least 4 members (excludes halogenated alkanes) is 1. The second-order valence-electron chi connectivity index (χ2n) is 4.62. The molecule has 110 valence electrons. The smallest absolute Gasteiger partial charge is 0.265 e. The predicted octanol–water partition coefficient (Wildman–Crippen LogP) is -0.556. The first-order valence-electron chi connectivity index (χ1n) is 6.98. The van der Waals surface area contributed by atoms with Gasteiger partial charge in [-0.15, -0.1) is 4.68 Å². The van der Waals surface area contributed by atoms with Gasteiger partial charge in [0.25, 0.3) is 6.33 Å². The van der Waals surface area contributed by atoms with Gasteiger partial charge >= 0.3 is 0 Å². The zero-order chi connectivity index (χ0) is 13.3. The first-order valence-corrected chi connectivity index (χ1v) is 6.98. The van der Waals surface area contributed by atoms with Gasteiger partial charge in [0.1, 0.15) is 12.3 Å². The lowest BCUT2D eigenvalue weighted by molar-refractivity contribution is -0.698. The molecule has 0 aliphatic carbocycles. The van der Waals surface area contributed by atoms with Crippen LogP contribution in [-0.2, 0) is 13.1 Å². The molecule has 0 N–H and O–H groups in total. The van der Waals surface area contributed by atoms with Crippen LogP contribution in [0.25, 0.3) is 0 Å². The Labute approximate surface area is 131 Å². The summed E-state index contributed by atoms with van der Waals surface area (Å²) in [6.45, 7) is 4.87. The summed E-state index contributed by atoms with van der Waals surface area (Å²) in [6.07, 6.45) is 7.32. The number of hydrogen-bond donors (Lipinski definition) is 0. The molecule has 0 saturated carbocycles. The van der Waals surface area contributed by atoms with E-state index in [2.05, 4.69) is 22.9 Å². The fourth-order valence-corrected chi connectivity index (χ4v) is 1.87. The summed E-state index contributed by atoms with van der Waals surface area (Å²) in [6, 6.07) is 9.93. The van der Waals surface area contributed by atoms with E-state index >= 15 is 0 Å². The maximum atomic E-state index is 5.66. The summed E-state index contributed by atoms with van der Waals surface area (Å²) in [5.74, 6) is 0.936. The Kier molecular flexibility index (Phi) is 7.95. The summed E-state index contributed by atoms with van der Waals surface area (Å²) < 4.78 is 9.78. The average Bonchev–Trinajstić information content (AvgIpc) is 2.90. The molecule has 0 aliphatic rings. The highest BCUT2D eigenvalue weighted by Crippen LogP contribution is 2.08. The van der Waals surface area contributed by atoms with E-state index in [0.717, 1.165) is 31.9 Å². The van der Waals surface area contributed by atoms with Crippen LogP contribution in [0.4, 0.5) is 0 Å². The van der Waals surface area contributed by atoms with Crippen LogP contribution < -0.4 is 26.3 Å². The van der Waals surface area contributed by atoms with Gasteiger partial charge in [0.05, 0.1) is 13.2 Å². The van der Waals surface area contributed by atoms with Crippen molar-refractivity contribution >= 4 is 0 Å². The van der Waals surface area contributed by atoms with Crippen LogP contribution in [-0.4, -0.2) is 16.4 Å². The molecule has 1 aromatic heterocycles. The van der Waals surface area contributed by atoms with E-state index in [1.807, 2.05) is 41.3 Å². The van der Waals surface area contributed by atoms with Gasteiger partial charge in [0.15, 0.2) is 0 Å². The Morgan fingerprint density at radius 2 is 2.00 bits per heavy atom. The second-order valence-corrected chi connectivity index (χ2v) is 4.62. The minimum atomic E-state index is 0. The topological polar surface area (TPSA) is 30.9 Å². The van der Waals surface area contributed by atoms with Gasteiger partial charge in [-0.25, -0.2) is 4.57 Å². The molecule has 2 rings (SSSR count). The van der Waals surface area contributed by atoms with Crippen molar-refractivity contribution in [3.63, 3.8) is 0 Å². The number of benzene rings is 1. The first kappa shape index (κ1) is 16.7. The highest BCUT2D eigenvalue weighted by atomic mass is 79.9. The predicted molar refractivity (Wildman–Crippen MR) is 73.9 cm³/mol. The third-order valence-electron chi connectivity index (χ3n) is 2.94. The van der Waals surface area contributed by atoms with Crippen LogP contribution in [0.3, 0.4) is 0 Å². The Balaban J connectivity index is 0.00000200. The van der Waals surface area contributed by atoms with Gasteiger partial charge in [-0.2, -0.15) is 0 Å². The fourth-order valence-electron chi connectivity index (χ4n) is 1.87. The van der Waals surface area contributed by atoms with Gasteiger partial charge < -0.3 is 21.7 Å². The molecule has 0 spiro atoms. The number of aromatic nitrogens is 3. The van der Waals surface area contributed by atoms with E-state index < -0.39 is 0 Å². The zero-order valence-electron chi connectivity index (χ0n) is 11.9. The third-order valence-corrected chi connectivity index (χ3v) is 2.94. The molecule has 5 heteroatoms. The maximum Gasteiger partial charge on any atom is 0.265 e. The highest BCUT2D eigenvalue weighted by molar-refractivity contribution is 5.20. The SMILES string of the molecule is CCCCn1c[n+](CCCOc2ccccc2)cn1.[Br-]. The van der Waals surface area contributed by atoms with Crippen molar-refractivity contribution in [1.29, 1.82) is 0 Å². The van der Waals surface area contributed by atoms with Crippen molar-refractivity contribution < 1.29 is 26.3 Å². The lowest BCUT2D eigenvalue weighted by atomic mass is 10.3. The number of rotatable bonds is 8. The van der Waals surface area contributed by atoms with E-state index in [4.69, 9.17) is 4.74 Å². The van der Waals surface area contributed by atoms with Crippen molar-refractivity contribution in [1.82, 2.24) is 9.78 Å². The van der Waals surface area contributed by atoms with E-state index in [1.54, 1.807) is 0 Å². The number of aryl methyl sites for hydroxylation is 2. The quantitative estimate of drug-likeness (QED) is 0.477. The van der Waals surface area contributed by atoms with Gasteiger partial charge in [-0.1, -0.05) is 31.5 Å². The molecule has 0 saturated heterocycles. The molecule has 1 heterocycles. The van der Waals surface area contributed by atoms with Crippen LogP contribution in [0, 0.1) is 0 Å². The second kappa shape index (κ2) is 9.53. The lowest BCUT2D eigenvalue weighted by Gasteiger charge is -2.04. The maximum absolute atomic E-state index is 5.66. The first-order chi connectivity index (χ1) is 9.38.